The summed E-state index contributed by atoms with van der Waals surface area (Å²) in [7, 11) is 0. The molecule has 0 bridgehead atoms. The monoisotopic (exact) mass is 206 g/mol. The van der Waals surface area contributed by atoms with Crippen molar-refractivity contribution in [3.63, 3.8) is 0 Å². The molecule has 2 N–H and O–H groups in total. The lowest BCUT2D eigenvalue weighted by Crippen LogP contribution is -2.24. The number of hydrogen-bond donors (Lipinski definition) is 1. The van der Waals surface area contributed by atoms with E-state index in [1.807, 2.05) is 6.07 Å². The van der Waals surface area contributed by atoms with Crippen LogP contribution < -0.4 is 10.5 Å². The highest BCUT2D eigenvalue weighted by Gasteiger charge is 2.20. The van der Waals surface area contributed by atoms with Crippen molar-refractivity contribution in [3.05, 3.63) is 18.5 Å². The maximum atomic E-state index is 5.89. The maximum absolute atomic E-state index is 5.89. The van der Waals surface area contributed by atoms with Gasteiger partial charge >= 0.3 is 0 Å². The second kappa shape index (κ2) is 4.51. The Labute approximate surface area is 90.7 Å². The van der Waals surface area contributed by atoms with Gasteiger partial charge in [-0.15, -0.1) is 0 Å². The van der Waals surface area contributed by atoms with Crippen LogP contribution in [0.2, 0.25) is 0 Å². The molecule has 0 radical (unpaired) electrons. The molecule has 0 aromatic carbocycles. The van der Waals surface area contributed by atoms with Gasteiger partial charge < -0.3 is 10.5 Å². The average molecular weight is 206 g/mol. The van der Waals surface area contributed by atoms with Crippen molar-refractivity contribution >= 4 is 5.69 Å². The van der Waals surface area contributed by atoms with E-state index in [0.29, 0.717) is 11.8 Å². The quantitative estimate of drug-likeness (QED) is 0.809. The van der Waals surface area contributed by atoms with Crippen LogP contribution in [0.4, 0.5) is 5.69 Å². The van der Waals surface area contributed by atoms with Crippen molar-refractivity contribution in [1.82, 2.24) is 4.98 Å². The van der Waals surface area contributed by atoms with Gasteiger partial charge in [0.15, 0.2) is 0 Å². The van der Waals surface area contributed by atoms with Crippen LogP contribution in [0.1, 0.15) is 32.6 Å². The molecule has 1 fully saturated rings. The van der Waals surface area contributed by atoms with Crippen molar-refractivity contribution in [2.75, 3.05) is 5.73 Å². The molecule has 1 aliphatic rings. The normalized spacial score (nSPS) is 26.2. The fraction of sp³-hybridized carbons (Fsp3) is 0.583. The van der Waals surface area contributed by atoms with Gasteiger partial charge in [-0.25, -0.2) is 0 Å². The summed E-state index contributed by atoms with van der Waals surface area (Å²) < 4.78 is 5.89. The van der Waals surface area contributed by atoms with Crippen LogP contribution in [-0.2, 0) is 0 Å². The summed E-state index contributed by atoms with van der Waals surface area (Å²) in [6.45, 7) is 2.28. The molecule has 1 aromatic heterocycles. The zero-order chi connectivity index (χ0) is 10.7. The molecule has 3 nitrogen and oxygen atoms in total. The number of aromatic nitrogens is 1. The van der Waals surface area contributed by atoms with Gasteiger partial charge in [-0.3, -0.25) is 4.98 Å². The summed E-state index contributed by atoms with van der Waals surface area (Å²) in [5.41, 5.74) is 6.42. The first-order valence-corrected chi connectivity index (χ1v) is 5.62. The third-order valence-corrected chi connectivity index (χ3v) is 2.99. The minimum atomic E-state index is 0.332. The third-order valence-electron chi connectivity index (χ3n) is 2.99. The Bertz CT molecular complexity index is 327. The molecule has 2 rings (SSSR count). The Morgan fingerprint density at radius 1 is 1.47 bits per heavy atom. The number of pyridine rings is 1. The number of hydrogen-bond acceptors (Lipinski definition) is 3. The van der Waals surface area contributed by atoms with Crippen molar-refractivity contribution in [2.45, 2.75) is 38.7 Å². The smallest absolute Gasteiger partial charge is 0.145 e. The van der Waals surface area contributed by atoms with Crippen LogP contribution >= 0.6 is 0 Å². The molecule has 2 unspecified atom stereocenters. The highest BCUT2D eigenvalue weighted by Crippen LogP contribution is 2.29. The number of anilines is 1. The van der Waals surface area contributed by atoms with Gasteiger partial charge in [0, 0.05) is 12.3 Å². The molecule has 1 saturated carbocycles. The van der Waals surface area contributed by atoms with E-state index in [1.165, 1.54) is 12.8 Å². The molecule has 1 heterocycles. The number of ether oxygens (including phenoxy) is 1. The van der Waals surface area contributed by atoms with Crippen molar-refractivity contribution < 1.29 is 4.74 Å². The Kier molecular flexibility index (Phi) is 3.09. The second-order valence-electron chi connectivity index (χ2n) is 4.43. The fourth-order valence-corrected chi connectivity index (χ4v) is 2.17. The second-order valence-corrected chi connectivity index (χ2v) is 4.43. The van der Waals surface area contributed by atoms with Crippen molar-refractivity contribution in [3.8, 4) is 5.75 Å². The van der Waals surface area contributed by atoms with E-state index in [-0.39, 0.29) is 0 Å². The number of nitrogens with zero attached hydrogens (tertiary/aromatic N) is 1. The Morgan fingerprint density at radius 3 is 3.07 bits per heavy atom. The van der Waals surface area contributed by atoms with Gasteiger partial charge in [0.2, 0.25) is 0 Å². The Morgan fingerprint density at radius 2 is 2.33 bits per heavy atom. The third kappa shape index (κ3) is 2.61. The molecule has 0 aliphatic heterocycles. The van der Waals surface area contributed by atoms with Crippen LogP contribution in [0, 0.1) is 5.92 Å². The van der Waals surface area contributed by atoms with Crippen LogP contribution in [0.25, 0.3) is 0 Å². The number of nitrogens with two attached hydrogens (primary N) is 1. The number of rotatable bonds is 2. The van der Waals surface area contributed by atoms with Gasteiger partial charge in [0.1, 0.15) is 5.75 Å². The summed E-state index contributed by atoms with van der Waals surface area (Å²) in [6.07, 6.45) is 8.56. The lowest BCUT2D eigenvalue weighted by Gasteiger charge is -2.27. The average Bonchev–Trinajstić information content (AvgIpc) is 2.22. The summed E-state index contributed by atoms with van der Waals surface area (Å²) in [4.78, 5) is 3.95. The molecule has 3 heteroatoms. The first-order chi connectivity index (χ1) is 7.25. The molecule has 1 aliphatic carbocycles. The molecular formula is C12H18N2O. The fourth-order valence-electron chi connectivity index (χ4n) is 2.17. The van der Waals surface area contributed by atoms with Gasteiger partial charge in [0.25, 0.3) is 0 Å². The standard InChI is InChI=1S/C12H18N2O/c1-9-3-2-4-10(7-9)15-12-5-6-14-8-11(12)13/h5-6,8-10H,2-4,7,13H2,1H3. The highest BCUT2D eigenvalue weighted by atomic mass is 16.5. The zero-order valence-corrected chi connectivity index (χ0v) is 9.15. The largest absolute Gasteiger partial charge is 0.488 e. The Hall–Kier alpha value is -1.25. The molecule has 82 valence electrons. The maximum Gasteiger partial charge on any atom is 0.145 e. The van der Waals surface area contributed by atoms with Gasteiger partial charge in [-0.2, -0.15) is 0 Å². The summed E-state index contributed by atoms with van der Waals surface area (Å²) >= 11 is 0. The van der Waals surface area contributed by atoms with E-state index in [4.69, 9.17) is 10.5 Å². The van der Waals surface area contributed by atoms with Crippen LogP contribution in [-0.4, -0.2) is 11.1 Å². The van der Waals surface area contributed by atoms with Crippen molar-refractivity contribution in [1.29, 1.82) is 0 Å². The van der Waals surface area contributed by atoms with E-state index >= 15 is 0 Å². The predicted octanol–water partition coefficient (Wildman–Crippen LogP) is 2.62. The minimum absolute atomic E-state index is 0.332. The first-order valence-electron chi connectivity index (χ1n) is 5.62. The van der Waals surface area contributed by atoms with Crippen LogP contribution in [0.5, 0.6) is 5.75 Å². The van der Waals surface area contributed by atoms with Gasteiger partial charge in [-0.1, -0.05) is 13.3 Å². The molecular weight excluding hydrogens is 188 g/mol. The van der Waals surface area contributed by atoms with Crippen LogP contribution in [0.15, 0.2) is 18.5 Å². The lowest BCUT2D eigenvalue weighted by atomic mass is 9.89. The lowest BCUT2D eigenvalue weighted by molar-refractivity contribution is 0.130. The first kappa shape index (κ1) is 10.3. The zero-order valence-electron chi connectivity index (χ0n) is 9.15. The summed E-state index contributed by atoms with van der Waals surface area (Å²) in [6, 6.07) is 1.84. The minimum Gasteiger partial charge on any atom is -0.488 e. The summed E-state index contributed by atoms with van der Waals surface area (Å²) in [5, 5.41) is 0. The van der Waals surface area contributed by atoms with E-state index in [1.54, 1.807) is 12.4 Å². The molecule has 2 atom stereocenters. The van der Waals surface area contributed by atoms with E-state index in [0.717, 1.165) is 24.5 Å². The van der Waals surface area contributed by atoms with Gasteiger partial charge in [-0.05, 0) is 25.2 Å². The van der Waals surface area contributed by atoms with E-state index in [2.05, 4.69) is 11.9 Å². The van der Waals surface area contributed by atoms with Crippen molar-refractivity contribution in [2.24, 2.45) is 5.92 Å². The Balaban J connectivity index is 1.99. The number of nitrogen functional groups attached to an aromatic ring is 1. The predicted molar refractivity (Wildman–Crippen MR) is 60.7 cm³/mol. The molecule has 1 aromatic rings. The molecule has 0 amide bonds. The molecule has 0 spiro atoms. The molecule has 0 saturated heterocycles. The SMILES string of the molecule is CC1CCCC(Oc2ccncc2N)C1. The molecule has 15 heavy (non-hydrogen) atoms. The van der Waals surface area contributed by atoms with Gasteiger partial charge in [0.05, 0.1) is 18.0 Å². The van der Waals surface area contributed by atoms with Crippen LogP contribution in [0.3, 0.4) is 0 Å². The van der Waals surface area contributed by atoms with E-state index in [9.17, 15) is 0 Å². The topological polar surface area (TPSA) is 48.1 Å². The highest BCUT2D eigenvalue weighted by molar-refractivity contribution is 5.49. The van der Waals surface area contributed by atoms with E-state index < -0.39 is 0 Å². The summed E-state index contributed by atoms with van der Waals surface area (Å²) in [5.74, 6) is 1.55.